The average molecular weight is 498 g/mol. The molecule has 3 rings (SSSR count). The summed E-state index contributed by atoms with van der Waals surface area (Å²) in [5, 5.41) is 3.37. The number of thioether (sulfide) groups is 1. The second-order valence-electron chi connectivity index (χ2n) is 6.39. The number of carbonyl (C=O) groups is 1. The summed E-state index contributed by atoms with van der Waals surface area (Å²) in [5.74, 6) is -0.724. The minimum absolute atomic E-state index is 0. The Balaban J connectivity index is 0.00000341. The second kappa shape index (κ2) is 10.4. The number of benzene rings is 2. The molecule has 0 spiro atoms. The van der Waals surface area contributed by atoms with Crippen molar-refractivity contribution in [1.29, 1.82) is 0 Å². The molecule has 1 heterocycles. The molecule has 2 aromatic carbocycles. The Morgan fingerprint density at radius 1 is 1.29 bits per heavy atom. The first-order chi connectivity index (χ1) is 14.1. The van der Waals surface area contributed by atoms with Crippen molar-refractivity contribution < 1.29 is 27.1 Å². The maximum Gasteiger partial charge on any atom is 0.573 e. The number of hydrogen-bond acceptors (Lipinski definition) is 4. The second-order valence-corrected chi connectivity index (χ2v) is 7.81. The summed E-state index contributed by atoms with van der Waals surface area (Å²) >= 11 is 7.11. The molecule has 1 saturated heterocycles. The average Bonchev–Trinajstić information content (AvgIpc) is 2.98. The third-order valence-electron chi connectivity index (χ3n) is 4.18. The maximum atomic E-state index is 13.8. The van der Waals surface area contributed by atoms with Crippen LogP contribution < -0.4 is 10.1 Å². The highest BCUT2D eigenvalue weighted by atomic mass is 35.5. The van der Waals surface area contributed by atoms with Crippen LogP contribution in [0.2, 0.25) is 5.02 Å². The Bertz CT molecular complexity index is 958. The van der Waals surface area contributed by atoms with Crippen LogP contribution in [0.1, 0.15) is 6.42 Å². The van der Waals surface area contributed by atoms with Gasteiger partial charge in [0.25, 0.3) is 0 Å². The molecule has 0 radical (unpaired) electrons. The minimum atomic E-state index is -4.75. The van der Waals surface area contributed by atoms with E-state index in [0.717, 1.165) is 6.07 Å². The van der Waals surface area contributed by atoms with E-state index in [2.05, 4.69) is 15.0 Å². The monoisotopic (exact) mass is 497 g/mol. The highest BCUT2D eigenvalue weighted by Crippen LogP contribution is 2.30. The molecule has 0 aromatic heterocycles. The van der Waals surface area contributed by atoms with Crippen LogP contribution in [0, 0.1) is 5.82 Å². The van der Waals surface area contributed by atoms with E-state index in [0.29, 0.717) is 16.6 Å². The Morgan fingerprint density at radius 3 is 2.58 bits per heavy atom. The number of ether oxygens (including phenoxy) is 1. The van der Waals surface area contributed by atoms with Gasteiger partial charge in [-0.2, -0.15) is 0 Å². The Hall–Kier alpha value is -2.17. The molecule has 168 valence electrons. The van der Waals surface area contributed by atoms with Gasteiger partial charge in [0.05, 0.1) is 11.4 Å². The summed E-state index contributed by atoms with van der Waals surface area (Å²) in [7, 11) is 1.76. The van der Waals surface area contributed by atoms with Crippen LogP contribution in [0.3, 0.4) is 0 Å². The molecule has 1 N–H and O–H groups in total. The molecule has 1 aliphatic rings. The van der Waals surface area contributed by atoms with Crippen LogP contribution in [0.4, 0.5) is 28.9 Å². The Morgan fingerprint density at radius 2 is 1.97 bits per heavy atom. The number of amides is 1. The van der Waals surface area contributed by atoms with Gasteiger partial charge < -0.3 is 15.0 Å². The summed E-state index contributed by atoms with van der Waals surface area (Å²) in [5.41, 5.74) is 0.500. The number of rotatable bonds is 5. The molecule has 0 aliphatic carbocycles. The zero-order chi connectivity index (χ0) is 21.9. The molecule has 2 aromatic rings. The van der Waals surface area contributed by atoms with Crippen LogP contribution in [0.5, 0.6) is 5.75 Å². The van der Waals surface area contributed by atoms with Gasteiger partial charge in [0, 0.05) is 30.3 Å². The quantitative estimate of drug-likeness (QED) is 0.525. The van der Waals surface area contributed by atoms with E-state index in [1.807, 2.05) is 4.90 Å². The van der Waals surface area contributed by atoms with Crippen LogP contribution in [-0.4, -0.2) is 41.2 Å². The number of alkyl halides is 3. The molecule has 1 unspecified atom stereocenters. The summed E-state index contributed by atoms with van der Waals surface area (Å²) in [4.78, 5) is 18.5. The van der Waals surface area contributed by atoms with E-state index in [9.17, 15) is 22.4 Å². The number of anilines is 1. The number of halogens is 6. The van der Waals surface area contributed by atoms with Gasteiger partial charge >= 0.3 is 6.36 Å². The molecule has 0 bridgehead atoms. The van der Waals surface area contributed by atoms with Gasteiger partial charge in [-0.15, -0.1) is 25.6 Å². The van der Waals surface area contributed by atoms with Crippen molar-refractivity contribution in [3.8, 4) is 5.75 Å². The Kier molecular flexibility index (Phi) is 8.44. The lowest BCUT2D eigenvalue weighted by Gasteiger charge is -2.20. The van der Waals surface area contributed by atoms with E-state index in [4.69, 9.17) is 11.6 Å². The van der Waals surface area contributed by atoms with Crippen molar-refractivity contribution in [3.63, 3.8) is 0 Å². The predicted octanol–water partition coefficient (Wildman–Crippen LogP) is 5.86. The maximum absolute atomic E-state index is 13.8. The molecule has 1 atom stereocenters. The van der Waals surface area contributed by atoms with E-state index >= 15 is 0 Å². The number of amidine groups is 1. The minimum Gasteiger partial charge on any atom is -0.406 e. The fraction of sp³-hybridized carbons (Fsp3) is 0.263. The smallest absolute Gasteiger partial charge is 0.406 e. The normalized spacial score (nSPS) is 17.4. The third-order valence-corrected chi connectivity index (χ3v) is 5.60. The van der Waals surface area contributed by atoms with Gasteiger partial charge in [-0.05, 0) is 42.5 Å². The van der Waals surface area contributed by atoms with E-state index < -0.39 is 12.2 Å². The lowest BCUT2D eigenvalue weighted by Crippen LogP contribution is -2.33. The van der Waals surface area contributed by atoms with Gasteiger partial charge in [-0.25, -0.2) is 9.38 Å². The van der Waals surface area contributed by atoms with E-state index in [-0.39, 0.29) is 47.2 Å². The van der Waals surface area contributed by atoms with Crippen molar-refractivity contribution in [2.45, 2.75) is 18.8 Å². The SMILES string of the molecule is CN1C(=Nc2ccc(OC(F)(F)F)cc2)SCC1CC(=O)Nc1ccc(Cl)cc1F.Cl. The van der Waals surface area contributed by atoms with Gasteiger partial charge in [0.2, 0.25) is 5.91 Å². The van der Waals surface area contributed by atoms with Crippen LogP contribution in [0.15, 0.2) is 47.5 Å². The fourth-order valence-corrected chi connectivity index (χ4v) is 4.05. The van der Waals surface area contributed by atoms with Crippen LogP contribution >= 0.6 is 35.8 Å². The summed E-state index contributed by atoms with van der Waals surface area (Å²) in [6, 6.07) is 8.99. The highest BCUT2D eigenvalue weighted by Gasteiger charge is 2.31. The zero-order valence-corrected chi connectivity index (χ0v) is 18.3. The molecular formula is C19H17Cl2F4N3O2S. The van der Waals surface area contributed by atoms with E-state index in [1.165, 1.54) is 48.2 Å². The number of nitrogens with zero attached hydrogens (tertiary/aromatic N) is 2. The summed E-state index contributed by atoms with van der Waals surface area (Å²) in [6.45, 7) is 0. The molecule has 5 nitrogen and oxygen atoms in total. The molecule has 1 fully saturated rings. The van der Waals surface area contributed by atoms with E-state index in [1.54, 1.807) is 7.05 Å². The number of aliphatic imine (C=N–C) groups is 1. The lowest BCUT2D eigenvalue weighted by molar-refractivity contribution is -0.274. The lowest BCUT2D eigenvalue weighted by atomic mass is 10.2. The van der Waals surface area contributed by atoms with Gasteiger partial charge in [0.1, 0.15) is 11.6 Å². The zero-order valence-electron chi connectivity index (χ0n) is 16.0. The van der Waals surface area contributed by atoms with Crippen molar-refractivity contribution in [2.24, 2.45) is 4.99 Å². The van der Waals surface area contributed by atoms with Gasteiger partial charge in [-0.1, -0.05) is 23.4 Å². The fourth-order valence-electron chi connectivity index (χ4n) is 2.69. The number of carbonyl (C=O) groups excluding carboxylic acids is 1. The molecule has 0 saturated carbocycles. The highest BCUT2D eigenvalue weighted by molar-refractivity contribution is 8.14. The summed E-state index contributed by atoms with van der Waals surface area (Å²) < 4.78 is 54.3. The largest absolute Gasteiger partial charge is 0.573 e. The predicted molar refractivity (Wildman–Crippen MR) is 116 cm³/mol. The Labute approximate surface area is 191 Å². The van der Waals surface area contributed by atoms with Crippen molar-refractivity contribution in [2.75, 3.05) is 18.1 Å². The van der Waals surface area contributed by atoms with Crippen molar-refractivity contribution in [1.82, 2.24) is 4.90 Å². The molecule has 1 aliphatic heterocycles. The molecular weight excluding hydrogens is 481 g/mol. The first kappa shape index (κ1) is 25.1. The molecule has 31 heavy (non-hydrogen) atoms. The van der Waals surface area contributed by atoms with Crippen molar-refractivity contribution >= 4 is 58.2 Å². The van der Waals surface area contributed by atoms with Crippen molar-refractivity contribution in [3.05, 3.63) is 53.3 Å². The molecule has 12 heteroatoms. The number of hydrogen-bond donors (Lipinski definition) is 1. The standard InChI is InChI=1S/C19H16ClF4N3O2S.ClH/c1-27-13(9-17(28)26-16-7-2-11(20)8-15(16)21)10-30-18(27)25-12-3-5-14(6-4-12)29-19(22,23)24;/h2-8,13H,9-10H2,1H3,(H,26,28);1H. The van der Waals surface area contributed by atoms with Gasteiger partial charge in [-0.3, -0.25) is 4.79 Å². The summed E-state index contributed by atoms with van der Waals surface area (Å²) in [6.07, 6.45) is -4.64. The number of nitrogens with one attached hydrogen (secondary N) is 1. The first-order valence-corrected chi connectivity index (χ1v) is 10.0. The topological polar surface area (TPSA) is 53.9 Å². The van der Waals surface area contributed by atoms with Crippen LogP contribution in [0.25, 0.3) is 0 Å². The molecule has 1 amide bonds. The van der Waals surface area contributed by atoms with Gasteiger partial charge in [0.15, 0.2) is 5.17 Å². The van der Waals surface area contributed by atoms with Crippen LogP contribution in [-0.2, 0) is 4.79 Å². The first-order valence-electron chi connectivity index (χ1n) is 8.66. The third kappa shape index (κ3) is 7.19.